The number of carbonyl (C=O) groups is 1. The number of hydrogen-bond donors (Lipinski definition) is 2. The first kappa shape index (κ1) is 8.26. The molecule has 0 saturated heterocycles. The minimum atomic E-state index is -0.518. The summed E-state index contributed by atoms with van der Waals surface area (Å²) < 4.78 is 0. The fourth-order valence-electron chi connectivity index (χ4n) is 1.54. The van der Waals surface area contributed by atoms with Gasteiger partial charge in [0, 0.05) is 17.7 Å². The average Bonchev–Trinajstić information content (AvgIpc) is 2.27. The monoisotopic (exact) mass is 177 g/mol. The summed E-state index contributed by atoms with van der Waals surface area (Å²) in [6.45, 7) is 0. The van der Waals surface area contributed by atoms with Crippen molar-refractivity contribution in [2.24, 2.45) is 0 Å². The summed E-state index contributed by atoms with van der Waals surface area (Å²) in [6.07, 6.45) is 0.369. The standard InChI is InChI=1S/C10H11NO2/c12-9-5-6-10(13)11-8-4-2-1-3-7(8)9/h1-4,9,12H,5-6H2,(H,11,13)/t9-/m1/s1. The maximum absolute atomic E-state index is 11.2. The van der Waals surface area contributed by atoms with Crippen LogP contribution >= 0.6 is 0 Å². The molecule has 0 unspecified atom stereocenters. The van der Waals surface area contributed by atoms with E-state index in [2.05, 4.69) is 5.32 Å². The van der Waals surface area contributed by atoms with E-state index in [0.29, 0.717) is 12.8 Å². The Hall–Kier alpha value is -1.35. The summed E-state index contributed by atoms with van der Waals surface area (Å²) in [5.41, 5.74) is 1.55. The number of aliphatic hydroxyl groups is 1. The van der Waals surface area contributed by atoms with Crippen LogP contribution in [0.3, 0.4) is 0 Å². The number of fused-ring (bicyclic) bond motifs is 1. The molecular formula is C10H11NO2. The summed E-state index contributed by atoms with van der Waals surface area (Å²) in [4.78, 5) is 11.2. The lowest BCUT2D eigenvalue weighted by Gasteiger charge is -2.09. The van der Waals surface area contributed by atoms with Crippen molar-refractivity contribution < 1.29 is 9.90 Å². The number of rotatable bonds is 0. The second-order valence-corrected chi connectivity index (χ2v) is 3.19. The van der Waals surface area contributed by atoms with Crippen LogP contribution in [0.2, 0.25) is 0 Å². The summed E-state index contributed by atoms with van der Waals surface area (Å²) >= 11 is 0. The topological polar surface area (TPSA) is 49.3 Å². The molecule has 1 amide bonds. The van der Waals surface area contributed by atoms with Gasteiger partial charge in [0.15, 0.2) is 0 Å². The highest BCUT2D eigenvalue weighted by molar-refractivity contribution is 5.92. The number of para-hydroxylation sites is 1. The van der Waals surface area contributed by atoms with Crippen LogP contribution in [0.4, 0.5) is 5.69 Å². The second-order valence-electron chi connectivity index (χ2n) is 3.19. The Labute approximate surface area is 76.4 Å². The van der Waals surface area contributed by atoms with E-state index in [1.165, 1.54) is 0 Å². The average molecular weight is 177 g/mol. The SMILES string of the molecule is O=C1CC[C@@H](O)c2ccccc2N1. The summed E-state index contributed by atoms with van der Waals surface area (Å²) in [5, 5.41) is 12.4. The minimum Gasteiger partial charge on any atom is -0.388 e. The Morgan fingerprint density at radius 1 is 1.38 bits per heavy atom. The lowest BCUT2D eigenvalue weighted by atomic mass is 10.1. The fourth-order valence-corrected chi connectivity index (χ4v) is 1.54. The zero-order valence-electron chi connectivity index (χ0n) is 7.16. The summed E-state index contributed by atoms with van der Waals surface area (Å²) in [6, 6.07) is 7.35. The van der Waals surface area contributed by atoms with Gasteiger partial charge in [0.05, 0.1) is 6.10 Å². The maximum atomic E-state index is 11.2. The maximum Gasteiger partial charge on any atom is 0.224 e. The first-order chi connectivity index (χ1) is 6.27. The molecule has 1 aliphatic heterocycles. The number of nitrogens with one attached hydrogen (secondary N) is 1. The third kappa shape index (κ3) is 1.55. The number of aliphatic hydroxyl groups excluding tert-OH is 1. The minimum absolute atomic E-state index is 0.0241. The van der Waals surface area contributed by atoms with Crippen molar-refractivity contribution in [3.63, 3.8) is 0 Å². The predicted molar refractivity (Wildman–Crippen MR) is 49.3 cm³/mol. The largest absolute Gasteiger partial charge is 0.388 e. The van der Waals surface area contributed by atoms with Crippen molar-refractivity contribution in [2.45, 2.75) is 18.9 Å². The van der Waals surface area contributed by atoms with Gasteiger partial charge in [-0.3, -0.25) is 4.79 Å². The third-order valence-corrected chi connectivity index (χ3v) is 2.24. The van der Waals surface area contributed by atoms with E-state index in [4.69, 9.17) is 0 Å². The second kappa shape index (κ2) is 3.18. The molecule has 3 heteroatoms. The van der Waals surface area contributed by atoms with Crippen LogP contribution in [0.1, 0.15) is 24.5 Å². The van der Waals surface area contributed by atoms with Crippen LogP contribution in [0.5, 0.6) is 0 Å². The van der Waals surface area contributed by atoms with E-state index in [1.807, 2.05) is 24.3 Å². The van der Waals surface area contributed by atoms with Crippen LogP contribution in [0, 0.1) is 0 Å². The molecule has 0 aromatic heterocycles. The normalized spacial score (nSPS) is 21.6. The molecule has 2 N–H and O–H groups in total. The molecule has 1 atom stereocenters. The molecule has 13 heavy (non-hydrogen) atoms. The Morgan fingerprint density at radius 3 is 3.00 bits per heavy atom. The highest BCUT2D eigenvalue weighted by Crippen LogP contribution is 2.28. The molecule has 1 heterocycles. The third-order valence-electron chi connectivity index (χ3n) is 2.24. The van der Waals surface area contributed by atoms with Gasteiger partial charge in [0.25, 0.3) is 0 Å². The Morgan fingerprint density at radius 2 is 2.15 bits per heavy atom. The van der Waals surface area contributed by atoms with Gasteiger partial charge in [-0.05, 0) is 12.5 Å². The zero-order chi connectivity index (χ0) is 9.26. The van der Waals surface area contributed by atoms with Crippen molar-refractivity contribution in [2.75, 3.05) is 5.32 Å². The lowest BCUT2D eigenvalue weighted by Crippen LogP contribution is -2.08. The predicted octanol–water partition coefficient (Wildman–Crippen LogP) is 1.45. The molecule has 1 aromatic rings. The van der Waals surface area contributed by atoms with Crippen LogP contribution < -0.4 is 5.32 Å². The van der Waals surface area contributed by atoms with Crippen molar-refractivity contribution in [3.8, 4) is 0 Å². The number of hydrogen-bond acceptors (Lipinski definition) is 2. The fraction of sp³-hybridized carbons (Fsp3) is 0.300. The number of carbonyl (C=O) groups excluding carboxylic acids is 1. The number of anilines is 1. The summed E-state index contributed by atoms with van der Waals surface area (Å²) in [7, 11) is 0. The molecule has 1 aromatic carbocycles. The van der Waals surface area contributed by atoms with E-state index < -0.39 is 6.10 Å². The van der Waals surface area contributed by atoms with E-state index in [1.54, 1.807) is 0 Å². The molecular weight excluding hydrogens is 166 g/mol. The zero-order valence-corrected chi connectivity index (χ0v) is 7.16. The molecule has 1 aliphatic rings. The van der Waals surface area contributed by atoms with Gasteiger partial charge in [-0.2, -0.15) is 0 Å². The number of benzene rings is 1. The quantitative estimate of drug-likeness (QED) is 0.630. The van der Waals surface area contributed by atoms with E-state index >= 15 is 0 Å². The van der Waals surface area contributed by atoms with Gasteiger partial charge in [0.1, 0.15) is 0 Å². The Balaban J connectivity index is 2.43. The molecule has 0 radical (unpaired) electrons. The van der Waals surface area contributed by atoms with E-state index in [0.717, 1.165) is 11.3 Å². The first-order valence-corrected chi connectivity index (χ1v) is 4.34. The van der Waals surface area contributed by atoms with Gasteiger partial charge in [-0.15, -0.1) is 0 Å². The van der Waals surface area contributed by atoms with Crippen LogP contribution in [0.15, 0.2) is 24.3 Å². The van der Waals surface area contributed by atoms with Crippen molar-refractivity contribution in [1.82, 2.24) is 0 Å². The van der Waals surface area contributed by atoms with Crippen LogP contribution in [-0.4, -0.2) is 11.0 Å². The van der Waals surface area contributed by atoms with Gasteiger partial charge in [-0.25, -0.2) is 0 Å². The molecule has 0 saturated carbocycles. The van der Waals surface area contributed by atoms with Gasteiger partial charge < -0.3 is 10.4 Å². The molecule has 3 nitrogen and oxygen atoms in total. The molecule has 2 rings (SSSR count). The molecule has 0 spiro atoms. The Bertz CT molecular complexity index is 335. The van der Waals surface area contributed by atoms with Gasteiger partial charge in [-0.1, -0.05) is 18.2 Å². The molecule has 0 bridgehead atoms. The highest BCUT2D eigenvalue weighted by Gasteiger charge is 2.18. The Kier molecular flexibility index (Phi) is 2.02. The first-order valence-electron chi connectivity index (χ1n) is 4.34. The smallest absolute Gasteiger partial charge is 0.224 e. The molecule has 0 fully saturated rings. The highest BCUT2D eigenvalue weighted by atomic mass is 16.3. The van der Waals surface area contributed by atoms with Crippen LogP contribution in [0.25, 0.3) is 0 Å². The van der Waals surface area contributed by atoms with Gasteiger partial charge in [0.2, 0.25) is 5.91 Å². The van der Waals surface area contributed by atoms with E-state index in [-0.39, 0.29) is 5.91 Å². The van der Waals surface area contributed by atoms with Crippen molar-refractivity contribution in [1.29, 1.82) is 0 Å². The van der Waals surface area contributed by atoms with Gasteiger partial charge >= 0.3 is 0 Å². The van der Waals surface area contributed by atoms with Crippen molar-refractivity contribution in [3.05, 3.63) is 29.8 Å². The summed E-state index contributed by atoms with van der Waals surface area (Å²) in [5.74, 6) is -0.0241. The van der Waals surface area contributed by atoms with E-state index in [9.17, 15) is 9.90 Å². The molecule has 68 valence electrons. The molecule has 0 aliphatic carbocycles. The van der Waals surface area contributed by atoms with Crippen molar-refractivity contribution >= 4 is 11.6 Å². The van der Waals surface area contributed by atoms with Crippen LogP contribution in [-0.2, 0) is 4.79 Å². The lowest BCUT2D eigenvalue weighted by molar-refractivity contribution is -0.116. The number of amides is 1.